The van der Waals surface area contributed by atoms with E-state index in [0.29, 0.717) is 0 Å². The van der Waals surface area contributed by atoms with Gasteiger partial charge in [0.25, 0.3) is 0 Å². The number of hydrogen-bond acceptors (Lipinski definition) is 4. The number of thiophene rings is 1. The first-order valence-electron chi connectivity index (χ1n) is 18.4. The van der Waals surface area contributed by atoms with Gasteiger partial charge in [-0.15, -0.1) is 11.3 Å². The second-order valence-corrected chi connectivity index (χ2v) is 15.5. The molecule has 0 saturated heterocycles. The number of fused-ring (bicyclic) bond motifs is 12. The van der Waals surface area contributed by atoms with E-state index < -0.39 is 0 Å². The molecule has 0 spiro atoms. The third-order valence-electron chi connectivity index (χ3n) is 11.4. The van der Waals surface area contributed by atoms with Gasteiger partial charge in [-0.25, -0.2) is 4.99 Å². The lowest BCUT2D eigenvalue weighted by Crippen LogP contribution is -2.38. The third kappa shape index (κ3) is 4.21. The minimum atomic E-state index is -0.202. The highest BCUT2D eigenvalue weighted by atomic mass is 32.1. The molecule has 0 N–H and O–H groups in total. The van der Waals surface area contributed by atoms with E-state index in [1.54, 1.807) is 0 Å². The molecule has 0 saturated carbocycles. The Morgan fingerprint density at radius 1 is 0.537 bits per heavy atom. The number of rotatable bonds is 2. The standard InChI is InChI=1S/C49H31N3OS/c1-51-47(34-22-21-31-25-30(19-20-32(31)26-34)29-11-3-2-4-12-29)48-46(36-14-6-9-17-42(36)53-48)50-49(51)52-40-16-8-5-13-35(40)39-28-38-33(27-41(39)52)23-24-44-45(38)37-15-7-10-18-43(37)54-44/h2-28,47H,1H3. The molecule has 1 aliphatic heterocycles. The smallest absolute Gasteiger partial charge is 0.211 e. The van der Waals surface area contributed by atoms with Gasteiger partial charge in [0.15, 0.2) is 5.76 Å². The summed E-state index contributed by atoms with van der Waals surface area (Å²) in [7, 11) is 2.16. The van der Waals surface area contributed by atoms with Crippen molar-refractivity contribution in [3.63, 3.8) is 0 Å². The first-order valence-corrected chi connectivity index (χ1v) is 19.2. The van der Waals surface area contributed by atoms with Crippen LogP contribution in [0.15, 0.2) is 173 Å². The molecule has 0 aliphatic carbocycles. The summed E-state index contributed by atoms with van der Waals surface area (Å²) < 4.78 is 11.7. The lowest BCUT2D eigenvalue weighted by Gasteiger charge is -2.34. The fraction of sp³-hybridized carbons (Fsp3) is 0.0408. The zero-order valence-corrected chi connectivity index (χ0v) is 30.1. The molecule has 0 fully saturated rings. The van der Waals surface area contributed by atoms with Crippen LogP contribution in [0.25, 0.3) is 85.6 Å². The third-order valence-corrected chi connectivity index (χ3v) is 12.5. The van der Waals surface area contributed by atoms with E-state index in [9.17, 15) is 0 Å². The average molecular weight is 710 g/mol. The summed E-state index contributed by atoms with van der Waals surface area (Å²) in [6.45, 7) is 0. The van der Waals surface area contributed by atoms with Crippen molar-refractivity contribution in [1.82, 2.24) is 9.47 Å². The zero-order chi connectivity index (χ0) is 35.5. The van der Waals surface area contributed by atoms with Gasteiger partial charge in [0.2, 0.25) is 5.96 Å². The van der Waals surface area contributed by atoms with E-state index in [0.717, 1.165) is 45.0 Å². The Balaban J connectivity index is 1.09. The summed E-state index contributed by atoms with van der Waals surface area (Å²) in [5.74, 6) is 1.73. The number of aromatic nitrogens is 1. The zero-order valence-electron chi connectivity index (χ0n) is 29.3. The average Bonchev–Trinajstić information content (AvgIpc) is 3.89. The van der Waals surface area contributed by atoms with Crippen molar-refractivity contribution in [1.29, 1.82) is 0 Å². The van der Waals surface area contributed by atoms with Crippen LogP contribution in [0.4, 0.5) is 5.69 Å². The van der Waals surface area contributed by atoms with Gasteiger partial charge in [0.05, 0.1) is 11.0 Å². The molecule has 3 aromatic heterocycles. The Kier molecular flexibility index (Phi) is 6.17. The van der Waals surface area contributed by atoms with E-state index >= 15 is 0 Å². The normalized spacial score (nSPS) is 14.6. The Morgan fingerprint density at radius 3 is 2.19 bits per heavy atom. The molecular weight excluding hydrogens is 679 g/mol. The van der Waals surface area contributed by atoms with Crippen LogP contribution in [0.5, 0.6) is 0 Å². The largest absolute Gasteiger partial charge is 0.456 e. The Bertz CT molecular complexity index is 3370. The summed E-state index contributed by atoms with van der Waals surface area (Å²) in [4.78, 5) is 7.82. The Morgan fingerprint density at radius 2 is 1.28 bits per heavy atom. The lowest BCUT2D eigenvalue weighted by atomic mass is 9.95. The topological polar surface area (TPSA) is 33.7 Å². The van der Waals surface area contributed by atoms with E-state index in [1.807, 2.05) is 23.5 Å². The fourth-order valence-electron chi connectivity index (χ4n) is 8.88. The van der Waals surface area contributed by atoms with Gasteiger partial charge in [0, 0.05) is 43.4 Å². The van der Waals surface area contributed by atoms with Crippen LogP contribution >= 0.6 is 11.3 Å². The van der Waals surface area contributed by atoms with Gasteiger partial charge in [-0.3, -0.25) is 4.57 Å². The highest BCUT2D eigenvalue weighted by Crippen LogP contribution is 2.47. The van der Waals surface area contributed by atoms with E-state index in [-0.39, 0.29) is 6.04 Å². The van der Waals surface area contributed by atoms with Crippen LogP contribution in [0.3, 0.4) is 0 Å². The van der Waals surface area contributed by atoms with Crippen molar-refractivity contribution in [2.24, 2.45) is 4.99 Å². The predicted molar refractivity (Wildman–Crippen MR) is 228 cm³/mol. The fourth-order valence-corrected chi connectivity index (χ4v) is 10.00. The number of para-hydroxylation sites is 2. The number of hydrogen-bond donors (Lipinski definition) is 0. The summed E-state index contributed by atoms with van der Waals surface area (Å²) in [5.41, 5.74) is 7.59. The van der Waals surface area contributed by atoms with Crippen molar-refractivity contribution < 1.29 is 4.42 Å². The number of benzene rings is 8. The highest BCUT2D eigenvalue weighted by Gasteiger charge is 2.36. The summed E-state index contributed by atoms with van der Waals surface area (Å²) in [5, 5.41) is 11.0. The van der Waals surface area contributed by atoms with Gasteiger partial charge in [-0.1, -0.05) is 109 Å². The summed E-state index contributed by atoms with van der Waals surface area (Å²) >= 11 is 1.87. The van der Waals surface area contributed by atoms with Crippen LogP contribution in [0.1, 0.15) is 17.4 Å². The van der Waals surface area contributed by atoms with Crippen molar-refractivity contribution in [3.05, 3.63) is 175 Å². The van der Waals surface area contributed by atoms with Crippen molar-refractivity contribution >= 4 is 97.5 Å². The number of nitrogens with zero attached hydrogens (tertiary/aromatic N) is 3. The molecule has 1 aliphatic rings. The molecule has 0 amide bonds. The highest BCUT2D eigenvalue weighted by molar-refractivity contribution is 7.26. The molecule has 4 nitrogen and oxygen atoms in total. The van der Waals surface area contributed by atoms with Crippen molar-refractivity contribution in [2.45, 2.75) is 6.04 Å². The minimum Gasteiger partial charge on any atom is -0.456 e. The van der Waals surface area contributed by atoms with Crippen LogP contribution in [-0.2, 0) is 0 Å². The summed E-state index contributed by atoms with van der Waals surface area (Å²) in [6, 6.07) is 59.1. The van der Waals surface area contributed by atoms with Crippen LogP contribution < -0.4 is 0 Å². The molecule has 1 atom stereocenters. The number of furan rings is 1. The molecule has 0 radical (unpaired) electrons. The molecule has 1 unspecified atom stereocenters. The maximum atomic E-state index is 6.73. The molecule has 254 valence electrons. The maximum absolute atomic E-state index is 6.73. The van der Waals surface area contributed by atoms with Gasteiger partial charge in [-0.05, 0) is 92.8 Å². The maximum Gasteiger partial charge on any atom is 0.211 e. The quantitative estimate of drug-likeness (QED) is 0.179. The molecule has 4 heterocycles. The molecule has 8 aromatic carbocycles. The Hall–Kier alpha value is -6.69. The SMILES string of the molecule is CN1C(n2c3ccccc3c3cc4c(ccc5sc6ccccc6c54)cc32)=Nc2c(oc3ccccc23)C1c1ccc2cc(-c3ccccc3)ccc2c1. The predicted octanol–water partition coefficient (Wildman–Crippen LogP) is 13.5. The van der Waals surface area contributed by atoms with E-state index in [2.05, 4.69) is 168 Å². The van der Waals surface area contributed by atoms with Crippen LogP contribution in [0, 0.1) is 0 Å². The van der Waals surface area contributed by atoms with Gasteiger partial charge in [-0.2, -0.15) is 0 Å². The second kappa shape index (κ2) is 11.2. The van der Waals surface area contributed by atoms with Gasteiger partial charge in [0.1, 0.15) is 17.3 Å². The lowest BCUT2D eigenvalue weighted by molar-refractivity contribution is 0.352. The van der Waals surface area contributed by atoms with E-state index in [4.69, 9.17) is 9.41 Å². The first-order chi connectivity index (χ1) is 26.7. The molecule has 5 heteroatoms. The van der Waals surface area contributed by atoms with Gasteiger partial charge >= 0.3 is 0 Å². The molecule has 54 heavy (non-hydrogen) atoms. The monoisotopic (exact) mass is 709 g/mol. The molecule has 11 aromatic rings. The van der Waals surface area contributed by atoms with Crippen LogP contribution in [0.2, 0.25) is 0 Å². The van der Waals surface area contributed by atoms with Crippen molar-refractivity contribution in [3.8, 4) is 11.1 Å². The van der Waals surface area contributed by atoms with E-state index in [1.165, 1.54) is 63.6 Å². The first kappa shape index (κ1) is 29.8. The summed E-state index contributed by atoms with van der Waals surface area (Å²) in [6.07, 6.45) is 0. The molecule has 0 bridgehead atoms. The molecular formula is C49H31N3OS. The Labute approximate surface area is 314 Å². The van der Waals surface area contributed by atoms with Crippen molar-refractivity contribution in [2.75, 3.05) is 7.05 Å². The number of aliphatic imine (C=N–C) groups is 1. The van der Waals surface area contributed by atoms with Crippen LogP contribution in [-0.4, -0.2) is 22.5 Å². The van der Waals surface area contributed by atoms with Gasteiger partial charge < -0.3 is 9.32 Å². The molecule has 12 rings (SSSR count). The minimum absolute atomic E-state index is 0.202. The second-order valence-electron chi connectivity index (χ2n) is 14.4.